The Labute approximate surface area is 163 Å². The maximum Gasteiger partial charge on any atom is 0.313 e. The molecule has 144 valence electrons. The number of anilines is 1. The fourth-order valence-corrected chi connectivity index (χ4v) is 2.69. The van der Waals surface area contributed by atoms with E-state index < -0.39 is 17.4 Å². The maximum absolute atomic E-state index is 12.1. The van der Waals surface area contributed by atoms with Gasteiger partial charge in [0.2, 0.25) is 0 Å². The summed E-state index contributed by atoms with van der Waals surface area (Å²) in [5, 5.41) is 16.0. The third-order valence-corrected chi connectivity index (χ3v) is 4.51. The summed E-state index contributed by atoms with van der Waals surface area (Å²) < 4.78 is 5.10. The van der Waals surface area contributed by atoms with Gasteiger partial charge in [0.15, 0.2) is 0 Å². The Morgan fingerprint density at radius 1 is 1.15 bits per heavy atom. The topological polar surface area (TPSA) is 87.7 Å². The number of benzene rings is 2. The van der Waals surface area contributed by atoms with Gasteiger partial charge in [0.1, 0.15) is 5.75 Å². The van der Waals surface area contributed by atoms with E-state index in [1.807, 2.05) is 12.1 Å². The Morgan fingerprint density at radius 2 is 1.81 bits per heavy atom. The average Bonchev–Trinajstić information content (AvgIpc) is 2.64. The van der Waals surface area contributed by atoms with Gasteiger partial charge in [0, 0.05) is 23.7 Å². The first-order valence-electron chi connectivity index (χ1n) is 8.41. The molecule has 0 saturated carbocycles. The first-order chi connectivity index (χ1) is 12.7. The van der Waals surface area contributed by atoms with Crippen LogP contribution in [-0.2, 0) is 16.0 Å². The summed E-state index contributed by atoms with van der Waals surface area (Å²) in [6.07, 6.45) is 0.312. The van der Waals surface area contributed by atoms with Crippen LogP contribution in [0.5, 0.6) is 5.75 Å². The standard InChI is InChI=1S/C20H23ClN2O4/c1-13-16(21)5-4-6-17(13)23-19(25)18(24)22-12-20(2,26)11-14-7-9-15(27-3)10-8-14/h4-10,26H,11-12H2,1-3H3,(H,22,24)(H,23,25)/t20-/m0/s1. The van der Waals surface area contributed by atoms with Crippen molar-refractivity contribution in [1.29, 1.82) is 0 Å². The Hall–Kier alpha value is -2.57. The van der Waals surface area contributed by atoms with E-state index in [9.17, 15) is 14.7 Å². The molecule has 27 heavy (non-hydrogen) atoms. The van der Waals surface area contributed by atoms with Crippen molar-refractivity contribution < 1.29 is 19.4 Å². The summed E-state index contributed by atoms with van der Waals surface area (Å²) >= 11 is 6.00. The van der Waals surface area contributed by atoms with Crippen molar-refractivity contribution in [3.8, 4) is 5.75 Å². The highest BCUT2D eigenvalue weighted by Gasteiger charge is 2.24. The third kappa shape index (κ3) is 5.98. The lowest BCUT2D eigenvalue weighted by atomic mass is 9.96. The van der Waals surface area contributed by atoms with Gasteiger partial charge in [0.05, 0.1) is 12.7 Å². The highest BCUT2D eigenvalue weighted by atomic mass is 35.5. The van der Waals surface area contributed by atoms with Crippen LogP contribution in [0.2, 0.25) is 5.02 Å². The lowest BCUT2D eigenvalue weighted by Crippen LogP contribution is -2.45. The number of amides is 2. The Bertz CT molecular complexity index is 819. The van der Waals surface area contributed by atoms with Crippen molar-refractivity contribution in [1.82, 2.24) is 5.32 Å². The van der Waals surface area contributed by atoms with E-state index in [1.54, 1.807) is 51.3 Å². The van der Waals surface area contributed by atoms with Gasteiger partial charge in [-0.1, -0.05) is 29.8 Å². The fraction of sp³-hybridized carbons (Fsp3) is 0.300. The minimum absolute atomic E-state index is 0.0696. The first-order valence-corrected chi connectivity index (χ1v) is 8.79. The van der Waals surface area contributed by atoms with E-state index in [4.69, 9.17) is 16.3 Å². The summed E-state index contributed by atoms with van der Waals surface area (Å²) in [5.41, 5.74) is 0.810. The summed E-state index contributed by atoms with van der Waals surface area (Å²) in [6, 6.07) is 12.3. The van der Waals surface area contributed by atoms with Gasteiger partial charge in [0.25, 0.3) is 0 Å². The van der Waals surface area contributed by atoms with Crippen LogP contribution < -0.4 is 15.4 Å². The number of methoxy groups -OCH3 is 1. The van der Waals surface area contributed by atoms with Crippen molar-refractivity contribution in [2.24, 2.45) is 0 Å². The predicted octanol–water partition coefficient (Wildman–Crippen LogP) is 2.71. The summed E-state index contributed by atoms with van der Waals surface area (Å²) in [7, 11) is 1.58. The largest absolute Gasteiger partial charge is 0.497 e. The molecule has 2 aromatic carbocycles. The van der Waals surface area contributed by atoms with E-state index in [0.717, 1.165) is 11.3 Å². The number of carbonyl (C=O) groups is 2. The summed E-state index contributed by atoms with van der Waals surface area (Å²) in [6.45, 7) is 3.27. The van der Waals surface area contributed by atoms with Crippen molar-refractivity contribution in [3.63, 3.8) is 0 Å². The highest BCUT2D eigenvalue weighted by Crippen LogP contribution is 2.22. The predicted molar refractivity (Wildman–Crippen MR) is 105 cm³/mol. The second-order valence-corrected chi connectivity index (χ2v) is 6.98. The Balaban J connectivity index is 1.90. The molecule has 0 saturated heterocycles. The number of nitrogens with one attached hydrogen (secondary N) is 2. The van der Waals surface area contributed by atoms with Crippen LogP contribution >= 0.6 is 11.6 Å². The van der Waals surface area contributed by atoms with Crippen molar-refractivity contribution in [3.05, 3.63) is 58.6 Å². The summed E-state index contributed by atoms with van der Waals surface area (Å²) in [4.78, 5) is 24.1. The molecule has 0 aliphatic heterocycles. The lowest BCUT2D eigenvalue weighted by Gasteiger charge is -2.23. The lowest BCUT2D eigenvalue weighted by molar-refractivity contribution is -0.136. The van der Waals surface area contributed by atoms with Gasteiger partial charge < -0.3 is 20.5 Å². The number of carbonyl (C=O) groups excluding carboxylic acids is 2. The molecule has 0 radical (unpaired) electrons. The van der Waals surface area contributed by atoms with Crippen LogP contribution in [0.3, 0.4) is 0 Å². The van der Waals surface area contributed by atoms with Gasteiger partial charge in [-0.15, -0.1) is 0 Å². The molecular weight excluding hydrogens is 368 g/mol. The quantitative estimate of drug-likeness (QED) is 0.662. The van der Waals surface area contributed by atoms with Crippen molar-refractivity contribution in [2.75, 3.05) is 19.0 Å². The molecule has 2 rings (SSSR count). The van der Waals surface area contributed by atoms with Crippen LogP contribution in [-0.4, -0.2) is 36.2 Å². The molecule has 0 heterocycles. The molecule has 2 aromatic rings. The van der Waals surface area contributed by atoms with Gasteiger partial charge >= 0.3 is 11.8 Å². The minimum Gasteiger partial charge on any atom is -0.497 e. The van der Waals surface area contributed by atoms with E-state index in [0.29, 0.717) is 22.7 Å². The van der Waals surface area contributed by atoms with Crippen LogP contribution in [0.25, 0.3) is 0 Å². The SMILES string of the molecule is COc1ccc(C[C@](C)(O)CNC(=O)C(=O)Nc2cccc(Cl)c2C)cc1. The van der Waals surface area contributed by atoms with Crippen LogP contribution in [0.4, 0.5) is 5.69 Å². The zero-order valence-electron chi connectivity index (χ0n) is 15.5. The molecule has 0 aromatic heterocycles. The van der Waals surface area contributed by atoms with Gasteiger partial charge in [-0.3, -0.25) is 9.59 Å². The molecule has 6 nitrogen and oxygen atoms in total. The highest BCUT2D eigenvalue weighted by molar-refractivity contribution is 6.40. The van der Waals surface area contributed by atoms with Crippen LogP contribution in [0, 0.1) is 6.92 Å². The molecule has 2 amide bonds. The number of rotatable bonds is 6. The molecule has 0 aliphatic rings. The van der Waals surface area contributed by atoms with E-state index in [2.05, 4.69) is 10.6 Å². The zero-order chi connectivity index (χ0) is 20.0. The van der Waals surface area contributed by atoms with Crippen molar-refractivity contribution >= 4 is 29.1 Å². The number of ether oxygens (including phenoxy) is 1. The van der Waals surface area contributed by atoms with E-state index >= 15 is 0 Å². The molecule has 0 spiro atoms. The van der Waals surface area contributed by atoms with Crippen LogP contribution in [0.15, 0.2) is 42.5 Å². The van der Waals surface area contributed by atoms with Gasteiger partial charge in [-0.2, -0.15) is 0 Å². The molecule has 1 atom stereocenters. The molecule has 7 heteroatoms. The molecule has 3 N–H and O–H groups in total. The minimum atomic E-state index is -1.21. The molecule has 0 fully saturated rings. The van der Waals surface area contributed by atoms with E-state index in [-0.39, 0.29) is 6.54 Å². The van der Waals surface area contributed by atoms with Gasteiger partial charge in [-0.25, -0.2) is 0 Å². The number of aliphatic hydroxyl groups is 1. The number of halogens is 1. The molecule has 0 bridgehead atoms. The smallest absolute Gasteiger partial charge is 0.313 e. The second kappa shape index (κ2) is 8.88. The molecule has 0 aliphatic carbocycles. The average molecular weight is 391 g/mol. The second-order valence-electron chi connectivity index (χ2n) is 6.57. The van der Waals surface area contributed by atoms with Crippen LogP contribution in [0.1, 0.15) is 18.1 Å². The Morgan fingerprint density at radius 3 is 2.44 bits per heavy atom. The number of hydrogen-bond acceptors (Lipinski definition) is 4. The van der Waals surface area contributed by atoms with E-state index in [1.165, 1.54) is 0 Å². The number of hydrogen-bond donors (Lipinski definition) is 3. The summed E-state index contributed by atoms with van der Waals surface area (Å²) in [5.74, 6) is -0.926. The first kappa shape index (κ1) is 20.7. The molecular formula is C20H23ClN2O4. The zero-order valence-corrected chi connectivity index (χ0v) is 16.3. The fourth-order valence-electron chi connectivity index (χ4n) is 2.52. The monoisotopic (exact) mass is 390 g/mol. The molecule has 0 unspecified atom stereocenters. The maximum atomic E-state index is 12.1. The Kier molecular flexibility index (Phi) is 6.82. The van der Waals surface area contributed by atoms with Crippen molar-refractivity contribution in [2.45, 2.75) is 25.9 Å². The normalized spacial score (nSPS) is 12.8. The van der Waals surface area contributed by atoms with Gasteiger partial charge in [-0.05, 0) is 49.2 Å². The third-order valence-electron chi connectivity index (χ3n) is 4.10.